The Morgan fingerprint density at radius 2 is 0.935 bits per heavy atom. The Morgan fingerprint density at radius 3 is 1.55 bits per heavy atom. The van der Waals surface area contributed by atoms with Gasteiger partial charge in [0, 0.05) is 28.8 Å². The minimum absolute atomic E-state index is 0.0832. The summed E-state index contributed by atoms with van der Waals surface area (Å²) in [6.45, 7) is 1.90. The molecule has 93 heavy (non-hydrogen) atoms. The van der Waals surface area contributed by atoms with Gasteiger partial charge in [-0.2, -0.15) is 0 Å². The van der Waals surface area contributed by atoms with Crippen LogP contribution in [0.4, 0.5) is 34.3 Å². The SMILES string of the molecule is [2H]c1c([2H])c([2H])c(-c2cnc(N3c4[c-]c(Oc5[c-]c(-n6[c](=[Pt])n(-c7c(-c8ccccc8)cccc7-c7ccccc7)c7ccccc76)ccc5)ccc4C4(c5ccccc53)c3cc(-c5ccccc5)ccc3N(c3ccccc3)c3ccc(-c5ccccc5)cc34)cc2C)c([2H])c1[2H]. The molecule has 2 aliphatic heterocycles. The van der Waals surface area contributed by atoms with Gasteiger partial charge >= 0.3 is 306 Å². The number of pyridine rings is 1. The van der Waals surface area contributed by atoms with Crippen molar-refractivity contribution in [2.24, 2.45) is 0 Å². The summed E-state index contributed by atoms with van der Waals surface area (Å²) in [5, 5.41) is 0. The molecule has 1 spiro atoms. The third kappa shape index (κ3) is 9.36. The first-order valence-electron chi connectivity index (χ1n) is 33.4. The number of para-hydroxylation sites is 5. The van der Waals surface area contributed by atoms with E-state index >= 15 is 0 Å². The van der Waals surface area contributed by atoms with Crippen molar-refractivity contribution < 1.29 is 30.9 Å². The molecule has 0 aliphatic carbocycles. The molecule has 2 aliphatic rings. The average molecular weight is 1380 g/mol. The van der Waals surface area contributed by atoms with Gasteiger partial charge in [0.15, 0.2) is 0 Å². The van der Waals surface area contributed by atoms with Crippen molar-refractivity contribution in [3.8, 4) is 78.5 Å². The van der Waals surface area contributed by atoms with Crippen molar-refractivity contribution >= 4 is 45.3 Å². The number of benzene rings is 13. The summed E-state index contributed by atoms with van der Waals surface area (Å²) >= 11 is 2.47. The zero-order valence-electron chi connectivity index (χ0n) is 55.3. The number of aryl methyl sites for hydroxylation is 1. The standard InChI is InChI=1S/C86H57N5O.Pt/c1-59-52-84(87-57-73(59)64-34-16-6-17-35-64)91-78-43-21-20-42-74(78)86(76-53-65(60-26-8-2-9-27-60)46-50-79(76)90(67-36-18-7-19-37-67)80-51-47-66(54-77(80)86)61-28-10-3-11-29-61)75-49-48-70(56-83(75)91)92-69-39-24-38-68(55-69)88-58-89(82-45-23-22-44-81(82)88)85-71(62-30-12-4-13-31-62)40-25-41-72(85)63-32-14-5-15-33-63;/h2-54,57H,1H3;/q-2;/i6D,16D,17D,34D,35D;. The molecule has 15 aromatic rings. The van der Waals surface area contributed by atoms with Crippen LogP contribution < -0.4 is 14.5 Å². The van der Waals surface area contributed by atoms with Crippen LogP contribution in [0.2, 0.25) is 0 Å². The van der Waals surface area contributed by atoms with Crippen molar-refractivity contribution in [2.45, 2.75) is 12.3 Å². The number of nitrogens with zero attached hydrogens (tertiary/aromatic N) is 5. The monoisotopic (exact) mass is 1380 g/mol. The van der Waals surface area contributed by atoms with Crippen LogP contribution in [0, 0.1) is 22.9 Å². The minimum atomic E-state index is -1.06. The van der Waals surface area contributed by atoms with E-state index in [-0.39, 0.29) is 17.6 Å². The smallest absolute Gasteiger partial charge is 0.310 e. The Labute approximate surface area is 558 Å². The summed E-state index contributed by atoms with van der Waals surface area (Å²) in [5.74, 6) is 1.41. The van der Waals surface area contributed by atoms with E-state index in [2.05, 4.69) is 305 Å². The summed E-state index contributed by atoms with van der Waals surface area (Å²) in [4.78, 5) is 9.78. The molecule has 2 aromatic heterocycles. The van der Waals surface area contributed by atoms with Crippen LogP contribution in [-0.2, 0) is 24.8 Å². The Kier molecular flexibility index (Phi) is 12.5. The van der Waals surface area contributed by atoms with E-state index in [0.717, 1.165) is 116 Å². The van der Waals surface area contributed by atoms with Crippen LogP contribution in [0.15, 0.2) is 328 Å². The molecule has 4 heterocycles. The van der Waals surface area contributed by atoms with Gasteiger partial charge < -0.3 is 4.90 Å². The predicted molar refractivity (Wildman–Crippen MR) is 375 cm³/mol. The molecule has 444 valence electrons. The van der Waals surface area contributed by atoms with Gasteiger partial charge in [-0.05, 0) is 76.7 Å². The van der Waals surface area contributed by atoms with Crippen molar-refractivity contribution in [1.29, 1.82) is 0 Å². The van der Waals surface area contributed by atoms with Crippen molar-refractivity contribution in [2.75, 3.05) is 9.80 Å². The van der Waals surface area contributed by atoms with Crippen molar-refractivity contribution in [3.63, 3.8) is 0 Å². The number of anilines is 6. The summed E-state index contributed by atoms with van der Waals surface area (Å²) in [6, 6.07) is 108. The first-order chi connectivity index (χ1) is 48.0. The number of hydrogen-bond donors (Lipinski definition) is 0. The molecule has 0 radical (unpaired) electrons. The van der Waals surface area contributed by atoms with Gasteiger partial charge in [-0.1, -0.05) is 139 Å². The van der Waals surface area contributed by atoms with Gasteiger partial charge in [0.05, 0.1) is 6.85 Å². The second-order valence-electron chi connectivity index (χ2n) is 23.2. The molecule has 0 unspecified atom stereocenters. The summed E-state index contributed by atoms with van der Waals surface area (Å²) in [7, 11) is 0. The van der Waals surface area contributed by atoms with E-state index in [1.807, 2.05) is 43.3 Å². The normalized spacial score (nSPS) is 13.4. The van der Waals surface area contributed by atoms with Crippen LogP contribution in [0.5, 0.6) is 11.5 Å². The van der Waals surface area contributed by atoms with Gasteiger partial charge in [-0.25, -0.2) is 0 Å². The van der Waals surface area contributed by atoms with E-state index in [0.29, 0.717) is 34.1 Å². The second-order valence-corrected chi connectivity index (χ2v) is 24.3. The average Bonchev–Trinajstić information content (AvgIpc) is 0.695. The molecule has 7 heteroatoms. The van der Waals surface area contributed by atoms with Crippen LogP contribution in [0.25, 0.3) is 78.0 Å². The molecule has 0 saturated heterocycles. The maximum absolute atomic E-state index is 9.05. The third-order valence-electron chi connectivity index (χ3n) is 18.0. The molecule has 0 atom stereocenters. The van der Waals surface area contributed by atoms with Crippen LogP contribution in [0.1, 0.15) is 34.7 Å². The molecule has 0 bridgehead atoms. The van der Waals surface area contributed by atoms with Gasteiger partial charge in [0.1, 0.15) is 0 Å². The number of ether oxygens (including phenoxy) is 1. The Morgan fingerprint density at radius 1 is 0.409 bits per heavy atom. The van der Waals surface area contributed by atoms with E-state index < -0.39 is 23.5 Å². The maximum atomic E-state index is 9.05. The number of imidazole rings is 1. The fourth-order valence-electron chi connectivity index (χ4n) is 14.0. The van der Waals surface area contributed by atoms with Gasteiger partial charge in [0.2, 0.25) is 0 Å². The quantitative estimate of drug-likeness (QED) is 0.121. The summed E-state index contributed by atoms with van der Waals surface area (Å²) < 4.78 is 56.5. The fourth-order valence-corrected chi connectivity index (χ4v) is 15.1. The second kappa shape index (κ2) is 23.1. The molecule has 0 amide bonds. The number of aromatic nitrogens is 3. The van der Waals surface area contributed by atoms with E-state index in [1.165, 1.54) is 0 Å². The predicted octanol–water partition coefficient (Wildman–Crippen LogP) is 21.9. The van der Waals surface area contributed by atoms with Crippen LogP contribution in [0.3, 0.4) is 0 Å². The van der Waals surface area contributed by atoms with E-state index in [9.17, 15) is 0 Å². The van der Waals surface area contributed by atoms with E-state index in [1.54, 1.807) is 6.20 Å². The summed E-state index contributed by atoms with van der Waals surface area (Å²) in [5.41, 5.74) is 21.1. The number of hydrogen-bond acceptors (Lipinski definition) is 4. The van der Waals surface area contributed by atoms with Gasteiger partial charge in [-0.3, -0.25) is 0 Å². The topological polar surface area (TPSA) is 38.5 Å². The molecule has 13 aromatic carbocycles. The zero-order chi connectivity index (χ0) is 66.3. The molecule has 0 N–H and O–H groups in total. The number of rotatable bonds is 11. The molecule has 0 fully saturated rings. The van der Waals surface area contributed by atoms with Crippen LogP contribution >= 0.6 is 0 Å². The fraction of sp³-hybridized carbons (Fsp3) is 0.0233. The van der Waals surface area contributed by atoms with Gasteiger partial charge in [0.25, 0.3) is 0 Å². The zero-order valence-corrected chi connectivity index (χ0v) is 52.5. The Hall–Kier alpha value is -11.4. The van der Waals surface area contributed by atoms with Crippen molar-refractivity contribution in [3.05, 3.63) is 371 Å². The van der Waals surface area contributed by atoms with Gasteiger partial charge in [-0.15, -0.1) is 0 Å². The molecular formula is C86H57N5OPt-2. The number of fused-ring (bicyclic) bond motifs is 9. The first kappa shape index (κ1) is 50.3. The van der Waals surface area contributed by atoms with Crippen LogP contribution in [-0.4, -0.2) is 14.1 Å². The van der Waals surface area contributed by atoms with E-state index in [4.69, 9.17) is 16.6 Å². The Bertz CT molecular complexity index is 5550. The first-order valence-corrected chi connectivity index (χ1v) is 32.1. The Balaban J connectivity index is 0.894. The molecule has 17 rings (SSSR count). The summed E-state index contributed by atoms with van der Waals surface area (Å²) in [6.07, 6.45) is 1.63. The molecule has 6 nitrogen and oxygen atoms in total. The molecule has 0 saturated carbocycles. The third-order valence-corrected chi connectivity index (χ3v) is 19.0. The van der Waals surface area contributed by atoms with Crippen molar-refractivity contribution in [1.82, 2.24) is 14.1 Å². The molecular weight excluding hydrogens is 1310 g/mol. The minimum Gasteiger partial charge on any atom is -0.310 e.